The standard InChI is InChI=1S/C15H21BrN4O3/c1-15(2,22)23-11-6-10(5-9(11)8-21)18-13-3-4-17-14-7-12(16)19-20(13)14/h3-4,7,9-11,18,21-22H,5-6,8H2,1-2H3. The normalized spacial score (nSPS) is 25.2. The highest BCUT2D eigenvalue weighted by molar-refractivity contribution is 9.10. The minimum atomic E-state index is -1.20. The zero-order valence-electron chi connectivity index (χ0n) is 13.1. The fourth-order valence-corrected chi connectivity index (χ4v) is 3.46. The number of hydrogen-bond acceptors (Lipinski definition) is 6. The summed E-state index contributed by atoms with van der Waals surface area (Å²) >= 11 is 3.35. The number of fused-ring (bicyclic) bond motifs is 1. The van der Waals surface area contributed by atoms with Crippen molar-refractivity contribution in [2.24, 2.45) is 5.92 Å². The van der Waals surface area contributed by atoms with Crippen molar-refractivity contribution >= 4 is 27.4 Å². The lowest BCUT2D eigenvalue weighted by molar-refractivity contribution is -0.214. The molecule has 3 atom stereocenters. The molecule has 1 saturated carbocycles. The van der Waals surface area contributed by atoms with Gasteiger partial charge in [0.2, 0.25) is 0 Å². The Hall–Kier alpha value is -1.22. The minimum absolute atomic E-state index is 0.000565. The maximum absolute atomic E-state index is 9.86. The van der Waals surface area contributed by atoms with Crippen LogP contribution in [0.3, 0.4) is 0 Å². The van der Waals surface area contributed by atoms with Gasteiger partial charge in [-0.3, -0.25) is 0 Å². The van der Waals surface area contributed by atoms with E-state index < -0.39 is 5.79 Å². The van der Waals surface area contributed by atoms with Gasteiger partial charge in [0.05, 0.1) is 6.10 Å². The van der Waals surface area contributed by atoms with E-state index in [0.717, 1.165) is 22.5 Å². The topological polar surface area (TPSA) is 91.9 Å². The first-order valence-corrected chi connectivity index (χ1v) is 8.43. The van der Waals surface area contributed by atoms with Crippen molar-refractivity contribution in [1.29, 1.82) is 0 Å². The highest BCUT2D eigenvalue weighted by Crippen LogP contribution is 2.32. The van der Waals surface area contributed by atoms with Crippen LogP contribution in [0.4, 0.5) is 5.82 Å². The first-order chi connectivity index (χ1) is 10.9. The predicted octanol–water partition coefficient (Wildman–Crippen LogP) is 1.79. The van der Waals surface area contributed by atoms with E-state index in [-0.39, 0.29) is 24.7 Å². The van der Waals surface area contributed by atoms with Gasteiger partial charge in [-0.05, 0) is 48.7 Å². The molecule has 0 radical (unpaired) electrons. The average Bonchev–Trinajstić information content (AvgIpc) is 3.00. The smallest absolute Gasteiger partial charge is 0.160 e. The van der Waals surface area contributed by atoms with Crippen molar-refractivity contribution in [2.75, 3.05) is 11.9 Å². The van der Waals surface area contributed by atoms with E-state index >= 15 is 0 Å². The van der Waals surface area contributed by atoms with E-state index in [4.69, 9.17) is 4.74 Å². The van der Waals surface area contributed by atoms with E-state index in [1.165, 1.54) is 0 Å². The quantitative estimate of drug-likeness (QED) is 0.680. The molecule has 0 saturated heterocycles. The highest BCUT2D eigenvalue weighted by atomic mass is 79.9. The van der Waals surface area contributed by atoms with Gasteiger partial charge in [-0.25, -0.2) is 4.98 Å². The Morgan fingerprint density at radius 3 is 2.96 bits per heavy atom. The summed E-state index contributed by atoms with van der Waals surface area (Å²) in [5.41, 5.74) is 0.753. The maximum Gasteiger partial charge on any atom is 0.160 e. The Morgan fingerprint density at radius 2 is 2.26 bits per heavy atom. The molecule has 1 aliphatic rings. The number of rotatable bonds is 5. The molecule has 3 rings (SSSR count). The summed E-state index contributed by atoms with van der Waals surface area (Å²) in [6.07, 6.45) is 3.03. The molecule has 2 heterocycles. The third kappa shape index (κ3) is 3.82. The predicted molar refractivity (Wildman–Crippen MR) is 89.1 cm³/mol. The fourth-order valence-electron chi connectivity index (χ4n) is 3.10. The number of anilines is 1. The van der Waals surface area contributed by atoms with Crippen molar-refractivity contribution < 1.29 is 14.9 Å². The largest absolute Gasteiger partial charge is 0.396 e. The van der Waals surface area contributed by atoms with Gasteiger partial charge >= 0.3 is 0 Å². The maximum atomic E-state index is 9.86. The van der Waals surface area contributed by atoms with E-state index in [0.29, 0.717) is 6.42 Å². The number of aliphatic hydroxyl groups is 2. The zero-order valence-corrected chi connectivity index (χ0v) is 14.7. The molecule has 1 aliphatic carbocycles. The first-order valence-electron chi connectivity index (χ1n) is 7.63. The molecule has 2 aromatic rings. The Labute approximate surface area is 142 Å². The third-order valence-corrected chi connectivity index (χ3v) is 4.37. The molecule has 0 aliphatic heterocycles. The van der Waals surface area contributed by atoms with Crippen molar-refractivity contribution in [3.63, 3.8) is 0 Å². The molecule has 7 nitrogen and oxygen atoms in total. The van der Waals surface area contributed by atoms with Crippen molar-refractivity contribution in [1.82, 2.24) is 14.6 Å². The average molecular weight is 385 g/mol. The van der Waals surface area contributed by atoms with Crippen molar-refractivity contribution in [3.05, 3.63) is 22.9 Å². The van der Waals surface area contributed by atoms with Crippen LogP contribution in [0.1, 0.15) is 26.7 Å². The Balaban J connectivity index is 1.75. The summed E-state index contributed by atoms with van der Waals surface area (Å²) in [5, 5.41) is 27.2. The van der Waals surface area contributed by atoms with Crippen LogP contribution < -0.4 is 5.32 Å². The van der Waals surface area contributed by atoms with Gasteiger partial charge in [-0.1, -0.05) is 0 Å². The lowest BCUT2D eigenvalue weighted by Gasteiger charge is -2.26. The second-order valence-electron chi connectivity index (χ2n) is 6.43. The second kappa shape index (κ2) is 6.35. The number of nitrogens with zero attached hydrogens (tertiary/aromatic N) is 3. The molecule has 23 heavy (non-hydrogen) atoms. The summed E-state index contributed by atoms with van der Waals surface area (Å²) in [6.45, 7) is 3.25. The molecule has 126 valence electrons. The Morgan fingerprint density at radius 1 is 1.48 bits per heavy atom. The van der Waals surface area contributed by atoms with Crippen LogP contribution in [-0.4, -0.2) is 49.4 Å². The van der Waals surface area contributed by atoms with Crippen molar-refractivity contribution in [3.8, 4) is 0 Å². The number of aromatic nitrogens is 3. The number of halogens is 1. The molecular formula is C15H21BrN4O3. The molecule has 1 fully saturated rings. The molecule has 3 N–H and O–H groups in total. The molecule has 0 spiro atoms. The van der Waals surface area contributed by atoms with Crippen LogP contribution in [-0.2, 0) is 4.74 Å². The van der Waals surface area contributed by atoms with Gasteiger partial charge in [0.25, 0.3) is 0 Å². The third-order valence-electron chi connectivity index (χ3n) is 3.98. The molecule has 0 aromatic carbocycles. The Bertz CT molecular complexity index is 685. The summed E-state index contributed by atoms with van der Waals surface area (Å²) in [6, 6.07) is 3.84. The second-order valence-corrected chi connectivity index (χ2v) is 7.24. The van der Waals surface area contributed by atoms with Crippen LogP contribution in [0, 0.1) is 5.92 Å². The van der Waals surface area contributed by atoms with Crippen molar-refractivity contribution in [2.45, 2.75) is 44.6 Å². The van der Waals surface area contributed by atoms with Gasteiger partial charge in [-0.15, -0.1) is 0 Å². The van der Waals surface area contributed by atoms with Crippen LogP contribution in [0.25, 0.3) is 5.65 Å². The zero-order chi connectivity index (χ0) is 16.6. The molecular weight excluding hydrogens is 364 g/mol. The summed E-state index contributed by atoms with van der Waals surface area (Å²) < 4.78 is 8.14. The number of hydrogen-bond donors (Lipinski definition) is 3. The lowest BCUT2D eigenvalue weighted by Crippen LogP contribution is -2.33. The van der Waals surface area contributed by atoms with E-state index in [1.807, 2.05) is 12.1 Å². The molecule has 8 heteroatoms. The fraction of sp³-hybridized carbons (Fsp3) is 0.600. The summed E-state index contributed by atoms with van der Waals surface area (Å²) in [7, 11) is 0. The monoisotopic (exact) mass is 384 g/mol. The number of nitrogens with one attached hydrogen (secondary N) is 1. The van der Waals surface area contributed by atoms with Gasteiger partial charge in [0.15, 0.2) is 11.4 Å². The summed E-state index contributed by atoms with van der Waals surface area (Å²) in [5.74, 6) is -0.365. The molecule has 0 amide bonds. The number of ether oxygens (including phenoxy) is 1. The first kappa shape index (κ1) is 16.6. The van der Waals surface area contributed by atoms with Gasteiger partial charge < -0.3 is 20.3 Å². The molecule has 0 bridgehead atoms. The highest BCUT2D eigenvalue weighted by Gasteiger charge is 2.37. The molecule has 2 aromatic heterocycles. The SMILES string of the molecule is CC(C)(O)OC1CC(Nc2ccnc3cc(Br)nn23)CC1CO. The van der Waals surface area contributed by atoms with Crippen LogP contribution in [0.15, 0.2) is 22.9 Å². The van der Waals surface area contributed by atoms with Crippen LogP contribution >= 0.6 is 15.9 Å². The lowest BCUT2D eigenvalue weighted by atomic mass is 10.1. The van der Waals surface area contributed by atoms with E-state index in [1.54, 1.807) is 24.6 Å². The number of aliphatic hydroxyl groups excluding tert-OH is 1. The minimum Gasteiger partial charge on any atom is -0.396 e. The Kier molecular flexibility index (Phi) is 4.59. The van der Waals surface area contributed by atoms with Gasteiger partial charge in [-0.2, -0.15) is 9.61 Å². The van der Waals surface area contributed by atoms with Gasteiger partial charge in [0, 0.05) is 30.8 Å². The van der Waals surface area contributed by atoms with E-state index in [9.17, 15) is 10.2 Å². The summed E-state index contributed by atoms with van der Waals surface area (Å²) in [4.78, 5) is 4.26. The van der Waals surface area contributed by atoms with Crippen LogP contribution in [0.2, 0.25) is 0 Å². The van der Waals surface area contributed by atoms with Gasteiger partial charge in [0.1, 0.15) is 10.4 Å². The van der Waals surface area contributed by atoms with Crippen LogP contribution in [0.5, 0.6) is 0 Å². The van der Waals surface area contributed by atoms with E-state index in [2.05, 4.69) is 31.3 Å². The molecule has 3 unspecified atom stereocenters.